The second kappa shape index (κ2) is 6.30. The molecule has 0 aliphatic carbocycles. The quantitative estimate of drug-likeness (QED) is 0.534. The first-order valence-corrected chi connectivity index (χ1v) is 4.40. The fraction of sp³-hybridized carbons (Fsp3) is 0.667. The van der Waals surface area contributed by atoms with E-state index in [1.807, 2.05) is 0 Å². The second-order valence-corrected chi connectivity index (χ2v) is 3.02. The van der Waals surface area contributed by atoms with Crippen molar-refractivity contribution in [3.05, 3.63) is 0 Å². The molecular formula is C9H13F3N2O. The predicted octanol–water partition coefficient (Wildman–Crippen LogP) is 0.796. The minimum absolute atomic E-state index is 0.0450. The van der Waals surface area contributed by atoms with Gasteiger partial charge in [-0.3, -0.25) is 4.79 Å². The van der Waals surface area contributed by atoms with E-state index in [0.29, 0.717) is 0 Å². The molecule has 0 saturated heterocycles. The summed E-state index contributed by atoms with van der Waals surface area (Å²) >= 11 is 0. The highest BCUT2D eigenvalue weighted by Crippen LogP contribution is 2.20. The van der Waals surface area contributed by atoms with Gasteiger partial charge in [-0.25, -0.2) is 0 Å². The van der Waals surface area contributed by atoms with Crippen LogP contribution in [0.3, 0.4) is 0 Å². The van der Waals surface area contributed by atoms with Gasteiger partial charge in [0.15, 0.2) is 0 Å². The summed E-state index contributed by atoms with van der Waals surface area (Å²) in [5.41, 5.74) is 5.32. The molecule has 0 aromatic heterocycles. The van der Waals surface area contributed by atoms with E-state index in [9.17, 15) is 18.0 Å². The molecule has 0 aromatic carbocycles. The van der Waals surface area contributed by atoms with Crippen LogP contribution in [0.4, 0.5) is 13.2 Å². The predicted molar refractivity (Wildman–Crippen MR) is 49.7 cm³/mol. The number of halogens is 3. The van der Waals surface area contributed by atoms with E-state index in [4.69, 9.17) is 12.2 Å². The summed E-state index contributed by atoms with van der Waals surface area (Å²) in [4.78, 5) is 11.0. The van der Waals surface area contributed by atoms with Crippen molar-refractivity contribution in [2.45, 2.75) is 31.5 Å². The average Bonchev–Trinajstić information content (AvgIpc) is 2.11. The molecule has 86 valence electrons. The number of terminal acetylenes is 1. The number of nitrogens with two attached hydrogens (primary N) is 1. The Labute approximate surface area is 86.2 Å². The lowest BCUT2D eigenvalue weighted by molar-refractivity contribution is -0.136. The van der Waals surface area contributed by atoms with E-state index in [2.05, 4.69) is 11.2 Å². The van der Waals surface area contributed by atoms with Gasteiger partial charge in [0, 0.05) is 19.4 Å². The van der Waals surface area contributed by atoms with E-state index in [-0.39, 0.29) is 19.4 Å². The third-order valence-electron chi connectivity index (χ3n) is 1.61. The summed E-state index contributed by atoms with van der Waals surface area (Å²) < 4.78 is 35.1. The van der Waals surface area contributed by atoms with Gasteiger partial charge in [0.25, 0.3) is 0 Å². The minimum Gasteiger partial charge on any atom is -0.355 e. The third kappa shape index (κ3) is 7.82. The SMILES string of the molecule is C#CCC(N)C(=O)NCCCC(F)(F)F. The Morgan fingerprint density at radius 1 is 1.53 bits per heavy atom. The molecule has 3 nitrogen and oxygen atoms in total. The van der Waals surface area contributed by atoms with Crippen molar-refractivity contribution in [3.8, 4) is 12.3 Å². The summed E-state index contributed by atoms with van der Waals surface area (Å²) in [6, 6.07) is -0.846. The molecule has 0 bridgehead atoms. The van der Waals surface area contributed by atoms with Crippen molar-refractivity contribution in [3.63, 3.8) is 0 Å². The minimum atomic E-state index is -4.19. The van der Waals surface area contributed by atoms with Gasteiger partial charge in [0.2, 0.25) is 5.91 Å². The number of carbonyl (C=O) groups excluding carboxylic acids is 1. The van der Waals surface area contributed by atoms with Crippen LogP contribution >= 0.6 is 0 Å². The molecule has 0 spiro atoms. The average molecular weight is 222 g/mol. The van der Waals surface area contributed by atoms with Gasteiger partial charge in [0.1, 0.15) is 0 Å². The van der Waals surface area contributed by atoms with E-state index >= 15 is 0 Å². The Bertz CT molecular complexity index is 245. The number of hydrogen-bond acceptors (Lipinski definition) is 2. The van der Waals surface area contributed by atoms with Crippen molar-refractivity contribution in [1.29, 1.82) is 0 Å². The summed E-state index contributed by atoms with van der Waals surface area (Å²) in [5, 5.41) is 2.28. The number of alkyl halides is 3. The third-order valence-corrected chi connectivity index (χ3v) is 1.61. The molecule has 0 aliphatic heterocycles. The fourth-order valence-electron chi connectivity index (χ4n) is 0.851. The van der Waals surface area contributed by atoms with Crippen LogP contribution in [0.1, 0.15) is 19.3 Å². The second-order valence-electron chi connectivity index (χ2n) is 3.02. The zero-order valence-corrected chi connectivity index (χ0v) is 8.10. The maximum atomic E-state index is 11.7. The van der Waals surface area contributed by atoms with Gasteiger partial charge in [-0.2, -0.15) is 13.2 Å². The molecule has 0 rings (SSSR count). The fourth-order valence-corrected chi connectivity index (χ4v) is 0.851. The standard InChI is InChI=1S/C9H13F3N2O/c1-2-4-7(13)8(15)14-6-3-5-9(10,11)12/h1,7H,3-6,13H2,(H,14,15). The molecule has 3 N–H and O–H groups in total. The highest BCUT2D eigenvalue weighted by Gasteiger charge is 2.26. The molecule has 0 aliphatic rings. The van der Waals surface area contributed by atoms with Crippen molar-refractivity contribution in [2.24, 2.45) is 5.73 Å². The normalized spacial score (nSPS) is 13.0. The zero-order chi connectivity index (χ0) is 11.9. The molecule has 1 amide bonds. The summed E-state index contributed by atoms with van der Waals surface area (Å²) in [7, 11) is 0. The lowest BCUT2D eigenvalue weighted by atomic mass is 10.2. The van der Waals surface area contributed by atoms with Crippen LogP contribution in [0, 0.1) is 12.3 Å². The van der Waals surface area contributed by atoms with Crippen LogP contribution in [0.15, 0.2) is 0 Å². The molecule has 6 heteroatoms. The maximum Gasteiger partial charge on any atom is 0.389 e. The first kappa shape index (κ1) is 13.8. The van der Waals surface area contributed by atoms with Crippen LogP contribution in [-0.2, 0) is 4.79 Å². The Morgan fingerprint density at radius 2 is 2.13 bits per heavy atom. The number of nitrogens with one attached hydrogen (secondary N) is 1. The Balaban J connectivity index is 3.61. The van der Waals surface area contributed by atoms with E-state index in [0.717, 1.165) is 0 Å². The summed E-state index contributed by atoms with van der Waals surface area (Å²) in [6.07, 6.45) is -0.268. The molecule has 0 heterocycles. The van der Waals surface area contributed by atoms with Gasteiger partial charge in [-0.15, -0.1) is 12.3 Å². The summed E-state index contributed by atoms with van der Waals surface area (Å²) in [6.45, 7) is -0.0450. The van der Waals surface area contributed by atoms with Crippen LogP contribution in [-0.4, -0.2) is 24.7 Å². The van der Waals surface area contributed by atoms with Gasteiger partial charge in [-0.1, -0.05) is 0 Å². The van der Waals surface area contributed by atoms with Crippen LogP contribution < -0.4 is 11.1 Å². The lowest BCUT2D eigenvalue weighted by Crippen LogP contribution is -2.40. The van der Waals surface area contributed by atoms with Gasteiger partial charge >= 0.3 is 6.18 Å². The maximum absolute atomic E-state index is 11.7. The molecule has 1 unspecified atom stereocenters. The van der Waals surface area contributed by atoms with Gasteiger partial charge < -0.3 is 11.1 Å². The number of carbonyl (C=O) groups is 1. The monoisotopic (exact) mass is 222 g/mol. The van der Waals surface area contributed by atoms with Crippen LogP contribution in [0.25, 0.3) is 0 Å². The van der Waals surface area contributed by atoms with Gasteiger partial charge in [-0.05, 0) is 6.42 Å². The smallest absolute Gasteiger partial charge is 0.355 e. The Hall–Kier alpha value is -1.22. The van der Waals surface area contributed by atoms with E-state index in [1.165, 1.54) is 0 Å². The molecular weight excluding hydrogens is 209 g/mol. The van der Waals surface area contributed by atoms with Crippen LogP contribution in [0.5, 0.6) is 0 Å². The van der Waals surface area contributed by atoms with Crippen molar-refractivity contribution in [2.75, 3.05) is 6.54 Å². The molecule has 0 radical (unpaired) electrons. The highest BCUT2D eigenvalue weighted by atomic mass is 19.4. The number of rotatable bonds is 5. The Morgan fingerprint density at radius 3 is 2.60 bits per heavy atom. The molecule has 1 atom stereocenters. The lowest BCUT2D eigenvalue weighted by Gasteiger charge is -2.10. The van der Waals surface area contributed by atoms with Crippen molar-refractivity contribution in [1.82, 2.24) is 5.32 Å². The first-order chi connectivity index (χ1) is 6.87. The molecule has 0 aromatic rings. The van der Waals surface area contributed by atoms with Crippen molar-refractivity contribution >= 4 is 5.91 Å². The molecule has 15 heavy (non-hydrogen) atoms. The number of amides is 1. The number of hydrogen-bond donors (Lipinski definition) is 2. The molecule has 0 saturated carbocycles. The summed E-state index contributed by atoms with van der Waals surface area (Å²) in [5.74, 6) is 1.68. The Kier molecular flexibility index (Phi) is 5.79. The van der Waals surface area contributed by atoms with E-state index in [1.54, 1.807) is 0 Å². The zero-order valence-electron chi connectivity index (χ0n) is 8.10. The topological polar surface area (TPSA) is 55.1 Å². The van der Waals surface area contributed by atoms with Gasteiger partial charge in [0.05, 0.1) is 6.04 Å². The highest BCUT2D eigenvalue weighted by molar-refractivity contribution is 5.81. The largest absolute Gasteiger partial charge is 0.389 e. The van der Waals surface area contributed by atoms with E-state index < -0.39 is 24.5 Å². The van der Waals surface area contributed by atoms with Crippen molar-refractivity contribution < 1.29 is 18.0 Å². The molecule has 0 fully saturated rings. The van der Waals surface area contributed by atoms with Crippen LogP contribution in [0.2, 0.25) is 0 Å². The first-order valence-electron chi connectivity index (χ1n) is 4.40.